The van der Waals surface area contributed by atoms with Gasteiger partial charge in [-0.2, -0.15) is 13.2 Å². The molecule has 0 spiro atoms. The van der Waals surface area contributed by atoms with Gasteiger partial charge in [0.1, 0.15) is 0 Å². The summed E-state index contributed by atoms with van der Waals surface area (Å²) in [6.45, 7) is 0. The monoisotopic (exact) mass is 425 g/mol. The van der Waals surface area contributed by atoms with Gasteiger partial charge in [0.05, 0.1) is 16.8 Å². The Morgan fingerprint density at radius 2 is 1.09 bits per heavy atom. The van der Waals surface area contributed by atoms with Gasteiger partial charge in [-0.15, -0.1) is 0 Å². The molecule has 0 saturated carbocycles. The van der Waals surface area contributed by atoms with E-state index in [-0.39, 0.29) is 0 Å². The molecule has 4 aromatic carbocycles. The zero-order chi connectivity index (χ0) is 22.1. The number of rotatable bonds is 3. The van der Waals surface area contributed by atoms with Crippen molar-refractivity contribution < 1.29 is 13.2 Å². The first-order valence-electron chi connectivity index (χ1n) is 10.2. The van der Waals surface area contributed by atoms with Crippen LogP contribution in [0, 0.1) is 0 Å². The zero-order valence-corrected chi connectivity index (χ0v) is 17.0. The van der Waals surface area contributed by atoms with Crippen molar-refractivity contribution >= 4 is 10.9 Å². The molecule has 0 N–H and O–H groups in total. The van der Waals surface area contributed by atoms with Crippen LogP contribution in [-0.2, 0) is 6.18 Å². The minimum atomic E-state index is -4.35. The molecule has 0 saturated heterocycles. The van der Waals surface area contributed by atoms with E-state index >= 15 is 0 Å². The molecule has 0 aliphatic heterocycles. The van der Waals surface area contributed by atoms with Crippen molar-refractivity contribution in [3.63, 3.8) is 0 Å². The third-order valence-electron chi connectivity index (χ3n) is 5.52. The Morgan fingerprint density at radius 3 is 1.75 bits per heavy atom. The summed E-state index contributed by atoms with van der Waals surface area (Å²) in [5.41, 5.74) is 5.58. The van der Waals surface area contributed by atoms with Crippen LogP contribution in [0.4, 0.5) is 13.2 Å². The first-order chi connectivity index (χ1) is 15.5. The number of aromatic nitrogens is 1. The lowest BCUT2D eigenvalue weighted by Crippen LogP contribution is -2.04. The summed E-state index contributed by atoms with van der Waals surface area (Å²) < 4.78 is 39.0. The van der Waals surface area contributed by atoms with Crippen LogP contribution in [0.2, 0.25) is 0 Å². The van der Waals surface area contributed by atoms with Gasteiger partial charge in [-0.25, -0.2) is 4.98 Å². The number of nitrogens with zero attached hydrogens (tertiary/aromatic N) is 1. The SMILES string of the molecule is FC(F)(F)c1cccc(-c2ccc(-c3ccc(-c4ccc5ccccc5n4)cc3)cc2)c1. The maximum atomic E-state index is 13.0. The molecule has 5 aromatic rings. The third kappa shape index (κ3) is 4.00. The summed E-state index contributed by atoms with van der Waals surface area (Å²) in [6, 6.07) is 33.2. The number of hydrogen-bond acceptors (Lipinski definition) is 1. The summed E-state index contributed by atoms with van der Waals surface area (Å²) in [4.78, 5) is 4.74. The van der Waals surface area contributed by atoms with Gasteiger partial charge in [0, 0.05) is 10.9 Å². The number of alkyl halides is 3. The Bertz CT molecular complexity index is 1390. The number of para-hydroxylation sites is 1. The third-order valence-corrected chi connectivity index (χ3v) is 5.52. The minimum Gasteiger partial charge on any atom is -0.248 e. The van der Waals surface area contributed by atoms with E-state index in [9.17, 15) is 13.2 Å². The number of pyridine rings is 1. The Hall–Kier alpha value is -3.92. The number of benzene rings is 4. The van der Waals surface area contributed by atoms with Crippen LogP contribution in [0.3, 0.4) is 0 Å². The van der Waals surface area contributed by atoms with Crippen LogP contribution in [-0.4, -0.2) is 4.98 Å². The van der Waals surface area contributed by atoms with Gasteiger partial charge < -0.3 is 0 Å². The molecule has 0 atom stereocenters. The maximum absolute atomic E-state index is 13.0. The molecule has 0 bridgehead atoms. The Balaban J connectivity index is 1.40. The second kappa shape index (κ2) is 7.97. The van der Waals surface area contributed by atoms with Gasteiger partial charge in [-0.05, 0) is 46.5 Å². The number of hydrogen-bond donors (Lipinski definition) is 0. The molecule has 0 fully saturated rings. The lowest BCUT2D eigenvalue weighted by atomic mass is 9.98. The summed E-state index contributed by atoms with van der Waals surface area (Å²) in [5, 5.41) is 1.11. The van der Waals surface area contributed by atoms with Gasteiger partial charge in [0.25, 0.3) is 0 Å². The molecule has 1 aromatic heterocycles. The first kappa shape index (κ1) is 20.0. The second-order valence-electron chi connectivity index (χ2n) is 7.62. The summed E-state index contributed by atoms with van der Waals surface area (Å²) >= 11 is 0. The van der Waals surface area contributed by atoms with Crippen molar-refractivity contribution in [3.8, 4) is 33.5 Å². The molecule has 0 aliphatic rings. The van der Waals surface area contributed by atoms with Crippen molar-refractivity contribution in [1.29, 1.82) is 0 Å². The molecule has 0 radical (unpaired) electrons. The average Bonchev–Trinajstić information content (AvgIpc) is 2.83. The molecule has 156 valence electrons. The molecule has 0 aliphatic carbocycles. The van der Waals surface area contributed by atoms with Gasteiger partial charge in [0.15, 0.2) is 0 Å². The van der Waals surface area contributed by atoms with Crippen molar-refractivity contribution in [2.75, 3.05) is 0 Å². The van der Waals surface area contributed by atoms with E-state index in [4.69, 9.17) is 4.98 Å². The summed E-state index contributed by atoms with van der Waals surface area (Å²) in [5.74, 6) is 0. The Kier molecular flexibility index (Phi) is 4.98. The highest BCUT2D eigenvalue weighted by molar-refractivity contribution is 5.82. The quantitative estimate of drug-likeness (QED) is 0.284. The fraction of sp³-hybridized carbons (Fsp3) is 0.0357. The van der Waals surface area contributed by atoms with E-state index in [0.29, 0.717) is 5.56 Å². The predicted molar refractivity (Wildman–Crippen MR) is 123 cm³/mol. The highest BCUT2D eigenvalue weighted by atomic mass is 19.4. The minimum absolute atomic E-state index is 0.545. The average molecular weight is 425 g/mol. The molecule has 1 nitrogen and oxygen atoms in total. The zero-order valence-electron chi connectivity index (χ0n) is 17.0. The molecular weight excluding hydrogens is 407 g/mol. The molecule has 32 heavy (non-hydrogen) atoms. The predicted octanol–water partition coefficient (Wildman–Crippen LogP) is 8.25. The normalized spacial score (nSPS) is 11.6. The summed E-state index contributed by atoms with van der Waals surface area (Å²) in [6.07, 6.45) is -4.35. The van der Waals surface area contributed by atoms with E-state index in [1.807, 2.05) is 78.9 Å². The van der Waals surface area contributed by atoms with Gasteiger partial charge in [0.2, 0.25) is 0 Å². The first-order valence-corrected chi connectivity index (χ1v) is 10.2. The Morgan fingerprint density at radius 1 is 0.500 bits per heavy atom. The van der Waals surface area contributed by atoms with E-state index in [1.165, 1.54) is 12.1 Å². The Labute approximate surface area is 183 Å². The molecule has 5 rings (SSSR count). The molecular formula is C28H18F3N. The summed E-state index contributed by atoms with van der Waals surface area (Å²) in [7, 11) is 0. The highest BCUT2D eigenvalue weighted by Gasteiger charge is 2.30. The fourth-order valence-corrected chi connectivity index (χ4v) is 3.79. The molecule has 0 unspecified atom stereocenters. The highest BCUT2D eigenvalue weighted by Crippen LogP contribution is 2.33. The number of halogens is 3. The van der Waals surface area contributed by atoms with E-state index < -0.39 is 11.7 Å². The lowest BCUT2D eigenvalue weighted by Gasteiger charge is -2.10. The fourth-order valence-electron chi connectivity index (χ4n) is 3.79. The molecule has 4 heteroatoms. The van der Waals surface area contributed by atoms with Gasteiger partial charge >= 0.3 is 6.18 Å². The van der Waals surface area contributed by atoms with Crippen LogP contribution in [0.25, 0.3) is 44.4 Å². The lowest BCUT2D eigenvalue weighted by molar-refractivity contribution is -0.137. The van der Waals surface area contributed by atoms with Crippen molar-refractivity contribution in [2.45, 2.75) is 6.18 Å². The van der Waals surface area contributed by atoms with Crippen LogP contribution in [0.5, 0.6) is 0 Å². The topological polar surface area (TPSA) is 12.9 Å². The standard InChI is InChI=1S/C28H18F3N/c29-28(30,31)25-6-3-5-24(18-25)21-10-8-19(9-11-21)20-12-14-23(15-13-20)27-17-16-22-4-1-2-7-26(22)32-27/h1-18H. The van der Waals surface area contributed by atoms with Crippen molar-refractivity contribution in [1.82, 2.24) is 4.98 Å². The van der Waals surface area contributed by atoms with Crippen molar-refractivity contribution in [2.24, 2.45) is 0 Å². The van der Waals surface area contributed by atoms with Crippen LogP contribution >= 0.6 is 0 Å². The molecule has 1 heterocycles. The van der Waals surface area contributed by atoms with Crippen LogP contribution < -0.4 is 0 Å². The van der Waals surface area contributed by atoms with Gasteiger partial charge in [-0.1, -0.05) is 84.9 Å². The van der Waals surface area contributed by atoms with Crippen LogP contribution in [0.1, 0.15) is 5.56 Å². The van der Waals surface area contributed by atoms with E-state index in [1.54, 1.807) is 6.07 Å². The van der Waals surface area contributed by atoms with Gasteiger partial charge in [-0.3, -0.25) is 0 Å². The number of fused-ring (bicyclic) bond motifs is 1. The smallest absolute Gasteiger partial charge is 0.248 e. The van der Waals surface area contributed by atoms with E-state index in [0.717, 1.165) is 44.9 Å². The van der Waals surface area contributed by atoms with E-state index in [2.05, 4.69) is 6.07 Å². The second-order valence-corrected chi connectivity index (χ2v) is 7.62. The largest absolute Gasteiger partial charge is 0.416 e. The van der Waals surface area contributed by atoms with Crippen LogP contribution in [0.15, 0.2) is 109 Å². The van der Waals surface area contributed by atoms with Crippen molar-refractivity contribution in [3.05, 3.63) is 115 Å². The maximum Gasteiger partial charge on any atom is 0.416 e. The molecule has 0 amide bonds.